The van der Waals surface area contributed by atoms with Gasteiger partial charge in [0.1, 0.15) is 12.4 Å². The molecule has 0 aliphatic carbocycles. The van der Waals surface area contributed by atoms with Crippen molar-refractivity contribution in [2.75, 3.05) is 19.8 Å². The normalized spacial score (nSPS) is 10.9. The predicted molar refractivity (Wildman–Crippen MR) is 72.4 cm³/mol. The average Bonchev–Trinajstić information content (AvgIpc) is 2.36. The van der Waals surface area contributed by atoms with E-state index in [0.29, 0.717) is 13.2 Å². The minimum absolute atomic E-state index is 0.618. The highest BCUT2D eigenvalue weighted by Crippen LogP contribution is 2.12. The maximum absolute atomic E-state index is 5.57. The number of allylic oxidation sites excluding steroid dienone is 1. The van der Waals surface area contributed by atoms with Crippen LogP contribution in [0, 0.1) is 0 Å². The standard InChI is InChI=1S/C15H22O2/c1-3-5-11-16-12-13-17-15-9-7-14(6-4-2)8-10-15/h4,6-10H,3,5,11-13H2,1-2H3. The molecule has 0 aliphatic rings. The fraction of sp³-hybridized carbons (Fsp3) is 0.467. The Morgan fingerprint density at radius 1 is 1.06 bits per heavy atom. The van der Waals surface area contributed by atoms with Crippen LogP contribution >= 0.6 is 0 Å². The van der Waals surface area contributed by atoms with Crippen molar-refractivity contribution < 1.29 is 9.47 Å². The van der Waals surface area contributed by atoms with Crippen LogP contribution in [0.5, 0.6) is 5.75 Å². The van der Waals surface area contributed by atoms with Gasteiger partial charge in [-0.05, 0) is 31.0 Å². The second kappa shape index (κ2) is 8.82. The summed E-state index contributed by atoms with van der Waals surface area (Å²) in [6.45, 7) is 6.29. The molecule has 0 amide bonds. The highest BCUT2D eigenvalue weighted by Gasteiger charge is 1.93. The largest absolute Gasteiger partial charge is 0.491 e. The van der Waals surface area contributed by atoms with Crippen LogP contribution in [0.3, 0.4) is 0 Å². The summed E-state index contributed by atoms with van der Waals surface area (Å²) in [4.78, 5) is 0. The van der Waals surface area contributed by atoms with E-state index in [4.69, 9.17) is 9.47 Å². The minimum atomic E-state index is 0.618. The van der Waals surface area contributed by atoms with Gasteiger partial charge in [0, 0.05) is 6.61 Å². The third-order valence-corrected chi connectivity index (χ3v) is 2.38. The Bertz CT molecular complexity index is 314. The average molecular weight is 234 g/mol. The smallest absolute Gasteiger partial charge is 0.119 e. The molecule has 0 bridgehead atoms. The molecule has 0 saturated heterocycles. The van der Waals surface area contributed by atoms with Gasteiger partial charge in [-0.2, -0.15) is 0 Å². The Morgan fingerprint density at radius 2 is 1.82 bits per heavy atom. The van der Waals surface area contributed by atoms with Crippen molar-refractivity contribution in [3.05, 3.63) is 35.9 Å². The predicted octanol–water partition coefficient (Wildman–Crippen LogP) is 3.92. The van der Waals surface area contributed by atoms with Gasteiger partial charge in [0.2, 0.25) is 0 Å². The molecule has 0 aromatic heterocycles. The number of benzene rings is 1. The zero-order valence-corrected chi connectivity index (χ0v) is 10.8. The van der Waals surface area contributed by atoms with E-state index in [0.717, 1.165) is 18.8 Å². The van der Waals surface area contributed by atoms with E-state index in [9.17, 15) is 0 Å². The topological polar surface area (TPSA) is 18.5 Å². The molecule has 0 atom stereocenters. The molecule has 0 spiro atoms. The molecule has 1 rings (SSSR count). The maximum Gasteiger partial charge on any atom is 0.119 e. The van der Waals surface area contributed by atoms with E-state index >= 15 is 0 Å². The summed E-state index contributed by atoms with van der Waals surface area (Å²) in [5, 5.41) is 0. The highest BCUT2D eigenvalue weighted by molar-refractivity contribution is 5.50. The van der Waals surface area contributed by atoms with E-state index in [1.165, 1.54) is 12.0 Å². The quantitative estimate of drug-likeness (QED) is 0.635. The van der Waals surface area contributed by atoms with Gasteiger partial charge in [-0.3, -0.25) is 0 Å². The number of hydrogen-bond acceptors (Lipinski definition) is 2. The van der Waals surface area contributed by atoms with Crippen LogP contribution in [0.2, 0.25) is 0 Å². The lowest BCUT2D eigenvalue weighted by molar-refractivity contribution is 0.0980. The lowest BCUT2D eigenvalue weighted by Gasteiger charge is -2.07. The SMILES string of the molecule is CC=Cc1ccc(OCCOCCCC)cc1. The summed E-state index contributed by atoms with van der Waals surface area (Å²) in [5.41, 5.74) is 1.19. The number of hydrogen-bond donors (Lipinski definition) is 0. The van der Waals surface area contributed by atoms with Crippen molar-refractivity contribution in [3.8, 4) is 5.75 Å². The van der Waals surface area contributed by atoms with Crippen LogP contribution in [0.1, 0.15) is 32.3 Å². The van der Waals surface area contributed by atoms with Gasteiger partial charge in [0.15, 0.2) is 0 Å². The summed E-state index contributed by atoms with van der Waals surface area (Å²) in [7, 11) is 0. The first-order valence-corrected chi connectivity index (χ1v) is 6.30. The molecule has 0 aliphatic heterocycles. The molecule has 0 radical (unpaired) electrons. The second-order valence-corrected chi connectivity index (χ2v) is 3.88. The summed E-state index contributed by atoms with van der Waals surface area (Å²) < 4.78 is 11.0. The molecule has 0 unspecified atom stereocenters. The van der Waals surface area contributed by atoms with Crippen LogP contribution in [-0.4, -0.2) is 19.8 Å². The fourth-order valence-electron chi connectivity index (χ4n) is 1.43. The van der Waals surface area contributed by atoms with Gasteiger partial charge in [-0.15, -0.1) is 0 Å². The van der Waals surface area contributed by atoms with Crippen LogP contribution < -0.4 is 4.74 Å². The fourth-order valence-corrected chi connectivity index (χ4v) is 1.43. The molecule has 0 N–H and O–H groups in total. The molecule has 1 aromatic carbocycles. The zero-order valence-electron chi connectivity index (χ0n) is 10.8. The first kappa shape index (κ1) is 13.8. The van der Waals surface area contributed by atoms with Crippen LogP contribution in [0.15, 0.2) is 30.3 Å². The van der Waals surface area contributed by atoms with Crippen molar-refractivity contribution in [2.24, 2.45) is 0 Å². The van der Waals surface area contributed by atoms with Gasteiger partial charge >= 0.3 is 0 Å². The van der Waals surface area contributed by atoms with E-state index in [-0.39, 0.29) is 0 Å². The molecule has 0 fully saturated rings. The van der Waals surface area contributed by atoms with Gasteiger partial charge in [-0.1, -0.05) is 37.6 Å². The molecule has 94 valence electrons. The number of ether oxygens (including phenoxy) is 2. The molecule has 1 aromatic rings. The van der Waals surface area contributed by atoms with Gasteiger partial charge in [-0.25, -0.2) is 0 Å². The minimum Gasteiger partial charge on any atom is -0.491 e. The van der Waals surface area contributed by atoms with Gasteiger partial charge in [0.05, 0.1) is 6.61 Å². The van der Waals surface area contributed by atoms with Gasteiger partial charge < -0.3 is 9.47 Å². The van der Waals surface area contributed by atoms with Crippen LogP contribution in [0.4, 0.5) is 0 Å². The Morgan fingerprint density at radius 3 is 2.47 bits per heavy atom. The second-order valence-electron chi connectivity index (χ2n) is 3.88. The van der Waals surface area contributed by atoms with Crippen molar-refractivity contribution in [3.63, 3.8) is 0 Å². The Labute approximate surface area is 104 Å². The maximum atomic E-state index is 5.57. The molecular formula is C15H22O2. The lowest BCUT2D eigenvalue weighted by Crippen LogP contribution is -2.07. The Balaban J connectivity index is 2.18. The van der Waals surface area contributed by atoms with Crippen LogP contribution in [-0.2, 0) is 4.74 Å². The van der Waals surface area contributed by atoms with Crippen molar-refractivity contribution in [1.82, 2.24) is 0 Å². The summed E-state index contributed by atoms with van der Waals surface area (Å²) >= 11 is 0. The zero-order chi connectivity index (χ0) is 12.3. The van der Waals surface area contributed by atoms with E-state index in [1.807, 2.05) is 37.3 Å². The number of rotatable bonds is 8. The Kier molecular flexibility index (Phi) is 7.15. The van der Waals surface area contributed by atoms with E-state index < -0.39 is 0 Å². The monoisotopic (exact) mass is 234 g/mol. The first-order valence-electron chi connectivity index (χ1n) is 6.30. The third-order valence-electron chi connectivity index (χ3n) is 2.38. The summed E-state index contributed by atoms with van der Waals surface area (Å²) in [6.07, 6.45) is 6.39. The van der Waals surface area contributed by atoms with Crippen LogP contribution in [0.25, 0.3) is 6.08 Å². The summed E-state index contributed by atoms with van der Waals surface area (Å²) in [5.74, 6) is 0.900. The van der Waals surface area contributed by atoms with Crippen molar-refractivity contribution in [1.29, 1.82) is 0 Å². The highest BCUT2D eigenvalue weighted by atomic mass is 16.5. The summed E-state index contributed by atoms with van der Waals surface area (Å²) in [6, 6.07) is 8.07. The number of unbranched alkanes of at least 4 members (excludes halogenated alkanes) is 1. The Hall–Kier alpha value is -1.28. The molecule has 2 heteroatoms. The molecule has 17 heavy (non-hydrogen) atoms. The van der Waals surface area contributed by atoms with Gasteiger partial charge in [0.25, 0.3) is 0 Å². The molecule has 0 saturated carbocycles. The molecule has 0 heterocycles. The van der Waals surface area contributed by atoms with E-state index in [2.05, 4.69) is 13.0 Å². The van der Waals surface area contributed by atoms with E-state index in [1.54, 1.807) is 0 Å². The van der Waals surface area contributed by atoms with Crippen molar-refractivity contribution >= 4 is 6.08 Å². The molecule has 2 nitrogen and oxygen atoms in total. The molecular weight excluding hydrogens is 212 g/mol. The van der Waals surface area contributed by atoms with Crippen molar-refractivity contribution in [2.45, 2.75) is 26.7 Å². The first-order chi connectivity index (χ1) is 8.36. The third kappa shape index (κ3) is 6.12. The lowest BCUT2D eigenvalue weighted by atomic mass is 10.2.